The van der Waals surface area contributed by atoms with E-state index in [1.54, 1.807) is 20.8 Å². The van der Waals surface area contributed by atoms with Gasteiger partial charge in [-0.25, -0.2) is 0 Å². The minimum absolute atomic E-state index is 0.0139. The van der Waals surface area contributed by atoms with Crippen LogP contribution in [-0.4, -0.2) is 109 Å². The van der Waals surface area contributed by atoms with Gasteiger partial charge in [-0.1, -0.05) is 0 Å². The molecule has 1 atom stereocenters. The minimum atomic E-state index is -3.05. The van der Waals surface area contributed by atoms with Gasteiger partial charge in [-0.3, -0.25) is 14.4 Å². The highest BCUT2D eigenvalue weighted by atomic mass is 28.4. The van der Waals surface area contributed by atoms with Gasteiger partial charge in [0, 0.05) is 48.3 Å². The SMILES string of the molecule is CC(=O)O[Si](C)(COC=O)OC(C)=O.CO[Si](C)(C)CCCOCC1CO1.CO[Si](C)(CO)OC. The molecule has 0 aromatic rings. The molecule has 0 radical (unpaired) electrons. The van der Waals surface area contributed by atoms with Crippen LogP contribution in [0.25, 0.3) is 0 Å². The van der Waals surface area contributed by atoms with Crippen LogP contribution in [0.5, 0.6) is 0 Å². The Morgan fingerprint density at radius 2 is 1.49 bits per heavy atom. The van der Waals surface area contributed by atoms with E-state index in [2.05, 4.69) is 17.8 Å². The van der Waals surface area contributed by atoms with Gasteiger partial charge < -0.3 is 41.4 Å². The summed E-state index contributed by atoms with van der Waals surface area (Å²) in [5.74, 6) is -1.15. The highest BCUT2D eigenvalue weighted by Crippen LogP contribution is 2.13. The number of ether oxygens (including phenoxy) is 3. The Morgan fingerprint density at radius 3 is 1.80 bits per heavy atom. The average Bonchev–Trinajstić information content (AvgIpc) is 3.61. The van der Waals surface area contributed by atoms with Crippen molar-refractivity contribution in [2.45, 2.75) is 58.6 Å². The fourth-order valence-electron chi connectivity index (χ4n) is 2.17. The topological polar surface area (TPSA) is 149 Å². The number of carbonyl (C=O) groups excluding carboxylic acids is 3. The first-order valence-electron chi connectivity index (χ1n) is 11.1. The van der Waals surface area contributed by atoms with E-state index in [4.69, 9.17) is 36.7 Å². The Balaban J connectivity index is 0. The van der Waals surface area contributed by atoms with Gasteiger partial charge in [0.25, 0.3) is 18.4 Å². The maximum Gasteiger partial charge on any atom is 0.500 e. The Morgan fingerprint density at radius 1 is 0.971 bits per heavy atom. The molecule has 0 amide bonds. The predicted octanol–water partition coefficient (Wildman–Crippen LogP) is 1.42. The first kappa shape index (κ1) is 36.0. The molecular formula is C20H44O12Si3. The first-order chi connectivity index (χ1) is 16.2. The van der Waals surface area contributed by atoms with Crippen molar-refractivity contribution in [3.05, 3.63) is 0 Å². The van der Waals surface area contributed by atoms with Crippen molar-refractivity contribution in [1.82, 2.24) is 0 Å². The Kier molecular flexibility index (Phi) is 19.5. The van der Waals surface area contributed by atoms with E-state index in [0.717, 1.165) is 26.2 Å². The predicted molar refractivity (Wildman–Crippen MR) is 134 cm³/mol. The van der Waals surface area contributed by atoms with Crippen LogP contribution in [0.1, 0.15) is 20.3 Å². The summed E-state index contributed by atoms with van der Waals surface area (Å²) in [5.41, 5.74) is 0. The zero-order chi connectivity index (χ0) is 27.5. The van der Waals surface area contributed by atoms with Crippen molar-refractivity contribution in [2.75, 3.05) is 53.6 Å². The fourth-order valence-corrected chi connectivity index (χ4v) is 5.54. The third kappa shape index (κ3) is 21.8. The molecule has 1 aliphatic heterocycles. The van der Waals surface area contributed by atoms with Gasteiger partial charge in [0.05, 0.1) is 19.4 Å². The molecule has 0 aromatic heterocycles. The molecule has 1 fully saturated rings. The molecule has 0 saturated carbocycles. The molecular weight excluding hydrogens is 516 g/mol. The van der Waals surface area contributed by atoms with Gasteiger partial charge in [-0.2, -0.15) is 0 Å². The lowest BCUT2D eigenvalue weighted by atomic mass is 10.5. The molecule has 1 aliphatic rings. The monoisotopic (exact) mass is 560 g/mol. The van der Waals surface area contributed by atoms with E-state index >= 15 is 0 Å². The van der Waals surface area contributed by atoms with Crippen LogP contribution in [0, 0.1) is 0 Å². The van der Waals surface area contributed by atoms with Crippen molar-refractivity contribution in [1.29, 1.82) is 0 Å². The van der Waals surface area contributed by atoms with Crippen molar-refractivity contribution in [3.63, 3.8) is 0 Å². The van der Waals surface area contributed by atoms with Gasteiger partial charge >= 0.3 is 17.1 Å². The van der Waals surface area contributed by atoms with Crippen LogP contribution in [0.15, 0.2) is 0 Å². The summed E-state index contributed by atoms with van der Waals surface area (Å²) in [7, 11) is -1.61. The van der Waals surface area contributed by atoms with Crippen LogP contribution in [-0.2, 0) is 50.7 Å². The lowest BCUT2D eigenvalue weighted by Crippen LogP contribution is -2.46. The van der Waals surface area contributed by atoms with Crippen LogP contribution < -0.4 is 0 Å². The second-order valence-electron chi connectivity index (χ2n) is 8.53. The minimum Gasteiger partial charge on any atom is -0.483 e. The number of epoxide rings is 1. The van der Waals surface area contributed by atoms with Crippen LogP contribution in [0.2, 0.25) is 32.2 Å². The largest absolute Gasteiger partial charge is 0.500 e. The summed E-state index contributed by atoms with van der Waals surface area (Å²) in [6.45, 7) is 12.8. The fraction of sp³-hybridized carbons (Fsp3) is 0.850. The van der Waals surface area contributed by atoms with Crippen LogP contribution in [0.3, 0.4) is 0 Å². The number of rotatable bonds is 15. The van der Waals surface area contributed by atoms with Gasteiger partial charge in [-0.15, -0.1) is 0 Å². The lowest BCUT2D eigenvalue weighted by Gasteiger charge is -2.23. The summed E-state index contributed by atoms with van der Waals surface area (Å²) >= 11 is 0. The van der Waals surface area contributed by atoms with Gasteiger partial charge in [-0.05, 0) is 32.1 Å². The van der Waals surface area contributed by atoms with Gasteiger partial charge in [0.1, 0.15) is 6.10 Å². The Labute approximate surface area is 212 Å². The molecule has 0 aromatic carbocycles. The average molecular weight is 561 g/mol. The van der Waals surface area contributed by atoms with E-state index in [1.807, 2.05) is 7.11 Å². The Bertz CT molecular complexity index is 574. The van der Waals surface area contributed by atoms with Crippen molar-refractivity contribution >= 4 is 43.9 Å². The summed E-state index contributed by atoms with van der Waals surface area (Å²) in [4.78, 5) is 31.3. The van der Waals surface area contributed by atoms with Crippen LogP contribution in [0.4, 0.5) is 0 Å². The third-order valence-corrected chi connectivity index (χ3v) is 11.7. The standard InChI is InChI=1S/C9H20O3Si.C7H12O6Si.C4H12O3Si/c1-10-13(2,3)6-4-5-11-7-9-8-12-9;1-6(9)12-14(3,5-11-4-8)13-7(2)10;1-6-8(3,4-5)7-2/h9H,4-8H2,1-3H3;4H,5H2,1-3H3;5H,4H2,1-3H3. The summed E-state index contributed by atoms with van der Waals surface area (Å²) in [5, 5.41) is 8.60. The van der Waals surface area contributed by atoms with E-state index in [9.17, 15) is 14.4 Å². The zero-order valence-electron chi connectivity index (χ0n) is 22.5. The number of aliphatic hydroxyl groups is 1. The summed E-state index contributed by atoms with van der Waals surface area (Å²) in [6.07, 6.45) is 1.32. The van der Waals surface area contributed by atoms with Gasteiger partial charge in [0.2, 0.25) is 0 Å². The number of carbonyl (C=O) groups is 3. The molecule has 0 bridgehead atoms. The molecule has 1 N–H and O–H groups in total. The molecule has 1 saturated heterocycles. The molecule has 15 heteroatoms. The summed E-state index contributed by atoms with van der Waals surface area (Å²) in [6, 6.07) is 1.18. The number of hydrogen-bond donors (Lipinski definition) is 1. The van der Waals surface area contributed by atoms with Crippen molar-refractivity contribution < 1.29 is 55.8 Å². The van der Waals surface area contributed by atoms with Crippen molar-refractivity contribution in [2.24, 2.45) is 0 Å². The molecule has 1 unspecified atom stereocenters. The molecule has 35 heavy (non-hydrogen) atoms. The molecule has 1 heterocycles. The third-order valence-electron chi connectivity index (χ3n) is 4.61. The molecule has 208 valence electrons. The Hall–Kier alpha value is -1.18. The van der Waals surface area contributed by atoms with E-state index in [1.165, 1.54) is 26.4 Å². The van der Waals surface area contributed by atoms with E-state index in [-0.39, 0.29) is 18.9 Å². The first-order valence-corrected chi connectivity index (χ1v) is 19.3. The number of aliphatic hydroxyl groups excluding tert-OH is 1. The second-order valence-corrected chi connectivity index (χ2v) is 19.3. The maximum atomic E-state index is 10.7. The van der Waals surface area contributed by atoms with Gasteiger partial charge in [0.15, 0.2) is 14.5 Å². The quantitative estimate of drug-likeness (QED) is 0.134. The highest BCUT2D eigenvalue weighted by molar-refractivity contribution is 6.71. The van der Waals surface area contributed by atoms with E-state index in [0.29, 0.717) is 6.10 Å². The second kappa shape index (κ2) is 19.0. The highest BCUT2D eigenvalue weighted by Gasteiger charge is 2.39. The molecule has 1 rings (SSSR count). The summed E-state index contributed by atoms with van der Waals surface area (Å²) < 4.78 is 39.8. The van der Waals surface area contributed by atoms with Crippen LogP contribution >= 0.6 is 0 Å². The molecule has 0 spiro atoms. The number of hydrogen-bond acceptors (Lipinski definition) is 12. The maximum absolute atomic E-state index is 10.7. The molecule has 0 aliphatic carbocycles. The van der Waals surface area contributed by atoms with Crippen molar-refractivity contribution in [3.8, 4) is 0 Å². The zero-order valence-corrected chi connectivity index (χ0v) is 25.5. The normalized spacial score (nSPS) is 15.0. The smallest absolute Gasteiger partial charge is 0.483 e. The van der Waals surface area contributed by atoms with E-state index < -0.39 is 37.4 Å². The molecule has 12 nitrogen and oxygen atoms in total. The lowest BCUT2D eigenvalue weighted by molar-refractivity contribution is -0.141.